The molecule has 0 saturated carbocycles. The summed E-state index contributed by atoms with van der Waals surface area (Å²) in [6.45, 7) is 9.69. The standard InChI is InChI=1S/C82H160O17P2/c1-7-10-12-14-16-18-20-22-23-24-25-26-30-35-42-48-54-60-66-81(86)98-77(70-93-80(85)65-59-53-47-41-34-31-27-29-32-38-44-50-56-62-74(4)5)72-96-100(88,89)94-68-76(83)69-95-101(90,91)97-73-78(71-92-79(84)64-58-52-46-40-33-28-21-19-17-15-13-11-8-2)99-82(87)67-61-55-49-43-37-36-39-45-51-57-63-75(6)9-3/h74-78,83H,7-73H2,1-6H3,(H,88,89)(H,90,91)/t75?,76-,77-,78-/m1/s1. The Morgan fingerprint density at radius 2 is 0.505 bits per heavy atom. The molecule has 3 N–H and O–H groups in total. The van der Waals surface area contributed by atoms with Crippen LogP contribution in [-0.4, -0.2) is 96.7 Å². The third-order valence-corrected chi connectivity index (χ3v) is 21.5. The third kappa shape index (κ3) is 74.7. The van der Waals surface area contributed by atoms with E-state index in [1.807, 2.05) is 0 Å². The quantitative estimate of drug-likeness (QED) is 0.0222. The van der Waals surface area contributed by atoms with Crippen molar-refractivity contribution in [3.63, 3.8) is 0 Å². The van der Waals surface area contributed by atoms with Crippen LogP contribution in [0.1, 0.15) is 433 Å². The van der Waals surface area contributed by atoms with Crippen LogP contribution in [0, 0.1) is 11.8 Å². The van der Waals surface area contributed by atoms with Gasteiger partial charge >= 0.3 is 39.5 Å². The van der Waals surface area contributed by atoms with Gasteiger partial charge in [0.05, 0.1) is 26.4 Å². The average Bonchev–Trinajstić information content (AvgIpc) is 1.00. The molecule has 0 radical (unpaired) electrons. The maximum Gasteiger partial charge on any atom is 0.472 e. The molecule has 0 aliphatic heterocycles. The van der Waals surface area contributed by atoms with E-state index in [9.17, 15) is 43.2 Å². The van der Waals surface area contributed by atoms with Gasteiger partial charge in [0.15, 0.2) is 12.2 Å². The first-order valence-corrected chi connectivity index (χ1v) is 45.5. The summed E-state index contributed by atoms with van der Waals surface area (Å²) in [7, 11) is -9.92. The van der Waals surface area contributed by atoms with E-state index >= 15 is 0 Å². The molecule has 3 unspecified atom stereocenters. The van der Waals surface area contributed by atoms with Gasteiger partial charge in [-0.15, -0.1) is 0 Å². The number of aliphatic hydroxyl groups is 1. The summed E-state index contributed by atoms with van der Waals surface area (Å²) in [5.41, 5.74) is 0. The van der Waals surface area contributed by atoms with Crippen molar-refractivity contribution >= 4 is 39.5 Å². The monoisotopic (exact) mass is 1480 g/mol. The Morgan fingerprint density at radius 1 is 0.287 bits per heavy atom. The molecular weight excluding hydrogens is 1320 g/mol. The van der Waals surface area contributed by atoms with Crippen molar-refractivity contribution in [1.82, 2.24) is 0 Å². The van der Waals surface area contributed by atoms with Crippen LogP contribution in [0.2, 0.25) is 0 Å². The maximum atomic E-state index is 13.1. The van der Waals surface area contributed by atoms with Crippen LogP contribution >= 0.6 is 15.6 Å². The molecule has 0 aromatic heterocycles. The van der Waals surface area contributed by atoms with E-state index in [4.69, 9.17) is 37.0 Å². The molecule has 19 heteroatoms. The smallest absolute Gasteiger partial charge is 0.462 e. The number of carbonyl (C=O) groups excluding carboxylic acids is 4. The van der Waals surface area contributed by atoms with Crippen molar-refractivity contribution in [2.45, 2.75) is 452 Å². The molecule has 0 saturated heterocycles. The lowest BCUT2D eigenvalue weighted by Gasteiger charge is -2.21. The van der Waals surface area contributed by atoms with Crippen LogP contribution in [0.15, 0.2) is 0 Å². The highest BCUT2D eigenvalue weighted by molar-refractivity contribution is 7.47. The van der Waals surface area contributed by atoms with Gasteiger partial charge in [-0.05, 0) is 37.5 Å². The zero-order chi connectivity index (χ0) is 74.2. The van der Waals surface area contributed by atoms with E-state index in [1.54, 1.807) is 0 Å². The molecule has 0 heterocycles. The number of rotatable bonds is 81. The van der Waals surface area contributed by atoms with E-state index in [-0.39, 0.29) is 25.7 Å². The minimum Gasteiger partial charge on any atom is -0.462 e. The summed E-state index contributed by atoms with van der Waals surface area (Å²) in [5, 5.41) is 10.7. The average molecular weight is 1480 g/mol. The molecule has 0 aliphatic carbocycles. The van der Waals surface area contributed by atoms with Crippen molar-refractivity contribution < 1.29 is 80.2 Å². The van der Waals surface area contributed by atoms with Gasteiger partial charge < -0.3 is 33.8 Å². The summed E-state index contributed by atoms with van der Waals surface area (Å²) in [5.74, 6) is -0.511. The highest BCUT2D eigenvalue weighted by Gasteiger charge is 2.30. The third-order valence-electron chi connectivity index (χ3n) is 19.6. The molecule has 17 nitrogen and oxygen atoms in total. The number of unbranched alkanes of at least 4 members (excludes halogenated alkanes) is 50. The van der Waals surface area contributed by atoms with E-state index in [1.165, 1.54) is 250 Å². The van der Waals surface area contributed by atoms with Gasteiger partial charge in [0.25, 0.3) is 0 Å². The molecular formula is C82H160O17P2. The van der Waals surface area contributed by atoms with Crippen molar-refractivity contribution in [2.75, 3.05) is 39.6 Å². The highest BCUT2D eigenvalue weighted by Crippen LogP contribution is 2.45. The van der Waals surface area contributed by atoms with E-state index in [0.717, 1.165) is 102 Å². The van der Waals surface area contributed by atoms with E-state index in [2.05, 4.69) is 41.5 Å². The second-order valence-corrected chi connectivity index (χ2v) is 33.1. The summed E-state index contributed by atoms with van der Waals surface area (Å²) in [6, 6.07) is 0. The molecule has 0 aromatic carbocycles. The zero-order valence-corrected chi connectivity index (χ0v) is 68.0. The Labute approximate surface area is 619 Å². The Kier molecular flexibility index (Phi) is 72.2. The number of aliphatic hydroxyl groups excluding tert-OH is 1. The van der Waals surface area contributed by atoms with Gasteiger partial charge in [-0.2, -0.15) is 0 Å². The van der Waals surface area contributed by atoms with E-state index < -0.39 is 97.5 Å². The maximum absolute atomic E-state index is 13.1. The molecule has 0 aromatic rings. The van der Waals surface area contributed by atoms with Crippen LogP contribution < -0.4 is 0 Å². The molecule has 101 heavy (non-hydrogen) atoms. The summed E-state index contributed by atoms with van der Waals surface area (Å²) in [4.78, 5) is 73.1. The lowest BCUT2D eigenvalue weighted by Crippen LogP contribution is -2.30. The fourth-order valence-corrected chi connectivity index (χ4v) is 14.3. The fourth-order valence-electron chi connectivity index (χ4n) is 12.7. The number of ether oxygens (including phenoxy) is 4. The molecule has 0 bridgehead atoms. The SMILES string of the molecule is CCCCCCCCCCCCCCCCCCCCC(=O)O[C@H](COC(=O)CCCCCCCCCCCCCCCC(C)C)COP(=O)(O)OC[C@@H](O)COP(=O)(O)OC[C@@H](COC(=O)CCCCCCCCCCCCCCC)OC(=O)CCCCCCCCCCCCC(C)CC. The zero-order valence-electron chi connectivity index (χ0n) is 66.2. The second kappa shape index (κ2) is 73.6. The number of phosphoric acid groups is 2. The van der Waals surface area contributed by atoms with Crippen molar-refractivity contribution in [2.24, 2.45) is 11.8 Å². The topological polar surface area (TPSA) is 237 Å². The van der Waals surface area contributed by atoms with E-state index in [0.29, 0.717) is 25.7 Å². The molecule has 0 rings (SSSR count). The number of hydrogen-bond acceptors (Lipinski definition) is 15. The lowest BCUT2D eigenvalue weighted by molar-refractivity contribution is -0.161. The summed E-state index contributed by atoms with van der Waals surface area (Å²) >= 11 is 0. The normalized spacial score (nSPS) is 14.2. The summed E-state index contributed by atoms with van der Waals surface area (Å²) < 4.78 is 68.8. The fraction of sp³-hybridized carbons (Fsp3) is 0.951. The van der Waals surface area contributed by atoms with Gasteiger partial charge in [0, 0.05) is 25.7 Å². The first-order chi connectivity index (χ1) is 48.9. The minimum absolute atomic E-state index is 0.107. The first-order valence-electron chi connectivity index (χ1n) is 42.5. The van der Waals surface area contributed by atoms with Crippen LogP contribution in [0.5, 0.6) is 0 Å². The Hall–Kier alpha value is -1.94. The predicted molar refractivity (Wildman–Crippen MR) is 414 cm³/mol. The van der Waals surface area contributed by atoms with Gasteiger partial charge in [-0.25, -0.2) is 9.13 Å². The Bertz CT molecular complexity index is 1940. The largest absolute Gasteiger partial charge is 0.472 e. The van der Waals surface area contributed by atoms with Crippen molar-refractivity contribution in [3.05, 3.63) is 0 Å². The molecule has 0 fully saturated rings. The van der Waals surface area contributed by atoms with Gasteiger partial charge in [0.2, 0.25) is 0 Å². The molecule has 0 spiro atoms. The van der Waals surface area contributed by atoms with Gasteiger partial charge in [-0.3, -0.25) is 37.3 Å². The van der Waals surface area contributed by atoms with Crippen LogP contribution in [-0.2, 0) is 65.4 Å². The molecule has 600 valence electrons. The Morgan fingerprint density at radius 3 is 0.752 bits per heavy atom. The minimum atomic E-state index is -4.96. The number of esters is 4. The Balaban J connectivity index is 5.27. The molecule has 0 aliphatic rings. The van der Waals surface area contributed by atoms with Crippen LogP contribution in [0.4, 0.5) is 0 Å². The second-order valence-electron chi connectivity index (χ2n) is 30.2. The van der Waals surface area contributed by atoms with Crippen LogP contribution in [0.3, 0.4) is 0 Å². The lowest BCUT2D eigenvalue weighted by atomic mass is 9.99. The number of hydrogen-bond donors (Lipinski definition) is 3. The van der Waals surface area contributed by atoms with Crippen molar-refractivity contribution in [3.8, 4) is 0 Å². The highest BCUT2D eigenvalue weighted by atomic mass is 31.2. The van der Waals surface area contributed by atoms with Gasteiger partial charge in [0.1, 0.15) is 19.3 Å². The number of phosphoric ester groups is 2. The summed E-state index contributed by atoms with van der Waals surface area (Å²) in [6.07, 6.45) is 63.6. The van der Waals surface area contributed by atoms with Crippen molar-refractivity contribution in [1.29, 1.82) is 0 Å². The number of carbonyl (C=O) groups is 4. The molecule has 6 atom stereocenters. The first kappa shape index (κ1) is 99.1. The predicted octanol–water partition coefficient (Wildman–Crippen LogP) is 24.7. The molecule has 0 amide bonds. The van der Waals surface area contributed by atoms with Gasteiger partial charge in [-0.1, -0.05) is 382 Å². The van der Waals surface area contributed by atoms with Crippen LogP contribution in [0.25, 0.3) is 0 Å².